The summed E-state index contributed by atoms with van der Waals surface area (Å²) in [4.78, 5) is 32.6. The van der Waals surface area contributed by atoms with Crippen LogP contribution in [0.3, 0.4) is 0 Å². The zero-order chi connectivity index (χ0) is 16.9. The highest BCUT2D eigenvalue weighted by Crippen LogP contribution is 2.11. The van der Waals surface area contributed by atoms with Crippen LogP contribution in [0.1, 0.15) is 18.4 Å². The summed E-state index contributed by atoms with van der Waals surface area (Å²) in [5.74, 6) is -0.0844. The molecular weight excluding hydrogens is 304 g/mol. The smallest absolute Gasteiger partial charge is 0.261 e. The minimum Gasteiger partial charge on any atom is -0.326 e. The zero-order valence-corrected chi connectivity index (χ0v) is 13.4. The van der Waals surface area contributed by atoms with Crippen LogP contribution in [0.4, 0.5) is 5.69 Å². The average Bonchev–Trinajstić information content (AvgIpc) is 2.58. The minimum atomic E-state index is -0.0844. The van der Waals surface area contributed by atoms with Gasteiger partial charge < -0.3 is 5.32 Å². The fourth-order valence-electron chi connectivity index (χ4n) is 2.57. The van der Waals surface area contributed by atoms with Crippen molar-refractivity contribution in [2.24, 2.45) is 0 Å². The minimum absolute atomic E-state index is 0.0711. The van der Waals surface area contributed by atoms with Gasteiger partial charge in [0.25, 0.3) is 5.56 Å². The van der Waals surface area contributed by atoms with Crippen molar-refractivity contribution in [2.45, 2.75) is 26.3 Å². The first-order valence-corrected chi connectivity index (χ1v) is 7.80. The quantitative estimate of drug-likeness (QED) is 0.783. The summed E-state index contributed by atoms with van der Waals surface area (Å²) in [6.07, 6.45) is 5.70. The molecule has 1 amide bonds. The number of carbonyl (C=O) groups is 1. The van der Waals surface area contributed by atoms with Gasteiger partial charge in [-0.15, -0.1) is 0 Å². The van der Waals surface area contributed by atoms with Gasteiger partial charge >= 0.3 is 0 Å². The molecule has 0 saturated heterocycles. The Hall–Kier alpha value is -3.02. The van der Waals surface area contributed by atoms with Gasteiger partial charge in [-0.2, -0.15) is 0 Å². The van der Waals surface area contributed by atoms with E-state index in [0.717, 1.165) is 16.8 Å². The largest absolute Gasteiger partial charge is 0.326 e. The first-order chi connectivity index (χ1) is 11.6. The molecule has 2 heterocycles. The monoisotopic (exact) mass is 322 g/mol. The Labute approximate surface area is 139 Å². The summed E-state index contributed by atoms with van der Waals surface area (Å²) in [6.45, 7) is 2.39. The maximum absolute atomic E-state index is 12.5. The van der Waals surface area contributed by atoms with Crippen LogP contribution in [0.25, 0.3) is 10.9 Å². The first kappa shape index (κ1) is 15.9. The zero-order valence-electron chi connectivity index (χ0n) is 13.4. The summed E-state index contributed by atoms with van der Waals surface area (Å²) >= 11 is 0. The van der Waals surface area contributed by atoms with Crippen LogP contribution >= 0.6 is 0 Å². The van der Waals surface area contributed by atoms with E-state index < -0.39 is 0 Å². The highest BCUT2D eigenvalue weighted by atomic mass is 16.1. The average molecular weight is 322 g/mol. The first-order valence-electron chi connectivity index (χ1n) is 7.80. The maximum Gasteiger partial charge on any atom is 0.261 e. The van der Waals surface area contributed by atoms with Crippen LogP contribution in [0.5, 0.6) is 0 Å². The van der Waals surface area contributed by atoms with E-state index in [9.17, 15) is 9.59 Å². The molecule has 3 aromatic rings. The van der Waals surface area contributed by atoms with E-state index >= 15 is 0 Å². The SMILES string of the molecule is Cc1cccc2c(=O)n(CCCC(=O)Nc3ccncc3)cnc12. The second-order valence-electron chi connectivity index (χ2n) is 5.60. The summed E-state index contributed by atoms with van der Waals surface area (Å²) in [7, 11) is 0. The van der Waals surface area contributed by atoms with E-state index in [1.165, 1.54) is 0 Å². The lowest BCUT2D eigenvalue weighted by atomic mass is 10.1. The Morgan fingerprint density at radius 2 is 2.00 bits per heavy atom. The van der Waals surface area contributed by atoms with Gasteiger partial charge in [0.2, 0.25) is 5.91 Å². The number of fused-ring (bicyclic) bond motifs is 1. The van der Waals surface area contributed by atoms with Crippen LogP contribution in [0, 0.1) is 6.92 Å². The molecule has 0 aliphatic heterocycles. The number of anilines is 1. The van der Waals surface area contributed by atoms with Crippen LogP contribution in [0.2, 0.25) is 0 Å². The van der Waals surface area contributed by atoms with E-state index in [1.54, 1.807) is 41.5 Å². The lowest BCUT2D eigenvalue weighted by Gasteiger charge is -2.08. The Balaban J connectivity index is 1.63. The Morgan fingerprint density at radius 1 is 1.21 bits per heavy atom. The molecule has 0 aliphatic carbocycles. The van der Waals surface area contributed by atoms with Crippen molar-refractivity contribution in [3.05, 3.63) is 65.0 Å². The van der Waals surface area contributed by atoms with E-state index in [1.807, 2.05) is 19.1 Å². The predicted molar refractivity (Wildman–Crippen MR) is 92.8 cm³/mol. The number of aromatic nitrogens is 3. The normalized spacial score (nSPS) is 10.7. The van der Waals surface area contributed by atoms with Crippen LogP contribution in [0.15, 0.2) is 53.8 Å². The van der Waals surface area contributed by atoms with Gasteiger partial charge in [0.15, 0.2) is 0 Å². The number of hydrogen-bond donors (Lipinski definition) is 1. The molecule has 0 bridgehead atoms. The molecule has 0 fully saturated rings. The molecule has 0 unspecified atom stereocenters. The number of carbonyl (C=O) groups excluding carboxylic acids is 1. The molecule has 6 heteroatoms. The van der Waals surface area contributed by atoms with E-state index in [-0.39, 0.29) is 11.5 Å². The number of amides is 1. The third-order valence-corrected chi connectivity index (χ3v) is 3.82. The van der Waals surface area contributed by atoms with Gasteiger partial charge in [0.05, 0.1) is 17.2 Å². The van der Waals surface area contributed by atoms with Gasteiger partial charge in [-0.3, -0.25) is 19.1 Å². The summed E-state index contributed by atoms with van der Waals surface area (Å²) in [5, 5.41) is 3.41. The van der Waals surface area contributed by atoms with Crippen LogP contribution in [-0.4, -0.2) is 20.4 Å². The van der Waals surface area contributed by atoms with Crippen molar-refractivity contribution < 1.29 is 4.79 Å². The van der Waals surface area contributed by atoms with Crippen molar-refractivity contribution >= 4 is 22.5 Å². The molecule has 2 aromatic heterocycles. The van der Waals surface area contributed by atoms with Gasteiger partial charge in [-0.1, -0.05) is 12.1 Å². The lowest BCUT2D eigenvalue weighted by Crippen LogP contribution is -2.22. The van der Waals surface area contributed by atoms with Crippen LogP contribution < -0.4 is 10.9 Å². The third kappa shape index (κ3) is 3.48. The number of nitrogens with zero attached hydrogens (tertiary/aromatic N) is 3. The summed E-state index contributed by atoms with van der Waals surface area (Å²) < 4.78 is 1.56. The number of benzene rings is 1. The summed E-state index contributed by atoms with van der Waals surface area (Å²) in [5.41, 5.74) is 2.36. The highest BCUT2D eigenvalue weighted by molar-refractivity contribution is 5.90. The molecule has 6 nitrogen and oxygen atoms in total. The Morgan fingerprint density at radius 3 is 2.79 bits per heavy atom. The van der Waals surface area contributed by atoms with Gasteiger partial charge in [-0.05, 0) is 37.1 Å². The van der Waals surface area contributed by atoms with E-state index in [0.29, 0.717) is 24.8 Å². The fraction of sp³-hybridized carbons (Fsp3) is 0.222. The number of pyridine rings is 1. The highest BCUT2D eigenvalue weighted by Gasteiger charge is 2.07. The number of hydrogen-bond acceptors (Lipinski definition) is 4. The van der Waals surface area contributed by atoms with Gasteiger partial charge in [-0.25, -0.2) is 4.98 Å². The molecule has 0 atom stereocenters. The molecule has 0 aliphatic rings. The molecule has 24 heavy (non-hydrogen) atoms. The van der Waals surface area contributed by atoms with Crippen molar-refractivity contribution in [1.82, 2.24) is 14.5 Å². The fourth-order valence-corrected chi connectivity index (χ4v) is 2.57. The Kier molecular flexibility index (Phi) is 4.65. The molecule has 1 N–H and O–H groups in total. The molecular formula is C18H18N4O2. The molecule has 3 rings (SSSR count). The Bertz CT molecular complexity index is 919. The van der Waals surface area contributed by atoms with Crippen molar-refractivity contribution in [3.8, 4) is 0 Å². The van der Waals surface area contributed by atoms with Gasteiger partial charge in [0, 0.05) is 31.0 Å². The second-order valence-corrected chi connectivity index (χ2v) is 5.60. The van der Waals surface area contributed by atoms with Crippen LogP contribution in [-0.2, 0) is 11.3 Å². The molecule has 1 aromatic carbocycles. The second kappa shape index (κ2) is 7.04. The third-order valence-electron chi connectivity index (χ3n) is 3.82. The lowest BCUT2D eigenvalue weighted by molar-refractivity contribution is -0.116. The van der Waals surface area contributed by atoms with E-state index in [2.05, 4.69) is 15.3 Å². The van der Waals surface area contributed by atoms with Crippen molar-refractivity contribution in [2.75, 3.05) is 5.32 Å². The maximum atomic E-state index is 12.5. The number of nitrogens with one attached hydrogen (secondary N) is 1. The number of rotatable bonds is 5. The number of aryl methyl sites for hydroxylation is 2. The molecule has 0 saturated carbocycles. The molecule has 0 spiro atoms. The molecule has 122 valence electrons. The topological polar surface area (TPSA) is 76.9 Å². The summed E-state index contributed by atoms with van der Waals surface area (Å²) in [6, 6.07) is 9.04. The predicted octanol–water partition coefficient (Wildman–Crippen LogP) is 2.52. The van der Waals surface area contributed by atoms with Crippen molar-refractivity contribution in [1.29, 1.82) is 0 Å². The van der Waals surface area contributed by atoms with E-state index in [4.69, 9.17) is 0 Å². The van der Waals surface area contributed by atoms with Crippen molar-refractivity contribution in [3.63, 3.8) is 0 Å². The van der Waals surface area contributed by atoms with Gasteiger partial charge in [0.1, 0.15) is 0 Å². The number of para-hydroxylation sites is 1. The standard InChI is InChI=1S/C18H18N4O2/c1-13-4-2-5-15-17(13)20-12-22(18(15)24)11-3-6-16(23)21-14-7-9-19-10-8-14/h2,4-5,7-10,12H,3,6,11H2,1H3,(H,19,21,23). The molecule has 0 radical (unpaired) electrons.